The third-order valence-electron chi connectivity index (χ3n) is 4.00. The van der Waals surface area contributed by atoms with Gasteiger partial charge in [0.05, 0.1) is 6.61 Å². The Morgan fingerprint density at radius 2 is 2.12 bits per heavy atom. The molecule has 3 heteroatoms. The monoisotopic (exact) mass is 228 g/mol. The van der Waals surface area contributed by atoms with Gasteiger partial charge in [0, 0.05) is 18.2 Å². The summed E-state index contributed by atoms with van der Waals surface area (Å²) in [4.78, 5) is 2.31. The summed E-state index contributed by atoms with van der Waals surface area (Å²) < 4.78 is 5.63. The third kappa shape index (κ3) is 3.19. The molecule has 0 aromatic carbocycles. The Hall–Kier alpha value is -0.120. The van der Waals surface area contributed by atoms with Crippen molar-refractivity contribution in [1.82, 2.24) is 10.2 Å². The van der Waals surface area contributed by atoms with Crippen LogP contribution in [0.4, 0.5) is 0 Å². The van der Waals surface area contributed by atoms with Gasteiger partial charge in [-0.15, -0.1) is 0 Å². The standard InChI is InChI=1S/C13H28N2O/c1-6-14-12(13(2,3)15(4)5)11-8-7-9-16-10-11/h11-12,14H,6-10H2,1-5H3. The molecule has 1 aliphatic heterocycles. The lowest BCUT2D eigenvalue weighted by Gasteiger charge is -2.45. The third-order valence-corrected chi connectivity index (χ3v) is 4.00. The second-order valence-corrected chi connectivity index (χ2v) is 5.56. The molecule has 0 saturated carbocycles. The summed E-state index contributed by atoms with van der Waals surface area (Å²) >= 11 is 0. The maximum absolute atomic E-state index is 5.63. The summed E-state index contributed by atoms with van der Waals surface area (Å²) in [6, 6.07) is 0.507. The van der Waals surface area contributed by atoms with Crippen molar-refractivity contribution in [2.45, 2.75) is 45.2 Å². The molecular formula is C13H28N2O. The highest BCUT2D eigenvalue weighted by Crippen LogP contribution is 2.27. The number of nitrogens with one attached hydrogen (secondary N) is 1. The van der Waals surface area contributed by atoms with Crippen LogP contribution in [0.15, 0.2) is 0 Å². The van der Waals surface area contributed by atoms with Crippen LogP contribution in [-0.4, -0.2) is 50.3 Å². The Labute approximate surface area is 101 Å². The first-order chi connectivity index (χ1) is 7.50. The van der Waals surface area contributed by atoms with Gasteiger partial charge < -0.3 is 15.0 Å². The van der Waals surface area contributed by atoms with E-state index in [2.05, 4.69) is 45.1 Å². The molecule has 0 aromatic heterocycles. The first-order valence-electron chi connectivity index (χ1n) is 6.48. The summed E-state index contributed by atoms with van der Waals surface area (Å²) in [5.41, 5.74) is 0.168. The predicted molar refractivity (Wildman–Crippen MR) is 68.8 cm³/mol. The summed E-state index contributed by atoms with van der Waals surface area (Å²) in [5, 5.41) is 3.65. The second-order valence-electron chi connectivity index (χ2n) is 5.56. The van der Waals surface area contributed by atoms with Gasteiger partial charge in [0.15, 0.2) is 0 Å². The van der Waals surface area contributed by atoms with E-state index >= 15 is 0 Å². The van der Waals surface area contributed by atoms with Crippen LogP contribution in [0.5, 0.6) is 0 Å². The van der Waals surface area contributed by atoms with Gasteiger partial charge in [-0.1, -0.05) is 6.92 Å². The van der Waals surface area contributed by atoms with Crippen LogP contribution in [0.3, 0.4) is 0 Å². The van der Waals surface area contributed by atoms with E-state index in [1.165, 1.54) is 12.8 Å². The van der Waals surface area contributed by atoms with Crippen LogP contribution in [0.2, 0.25) is 0 Å². The minimum absolute atomic E-state index is 0.168. The fourth-order valence-electron chi connectivity index (χ4n) is 2.52. The highest BCUT2D eigenvalue weighted by molar-refractivity contribution is 4.95. The fraction of sp³-hybridized carbons (Fsp3) is 1.00. The van der Waals surface area contributed by atoms with E-state index in [1.54, 1.807) is 0 Å². The van der Waals surface area contributed by atoms with E-state index in [4.69, 9.17) is 4.74 Å². The maximum Gasteiger partial charge on any atom is 0.0509 e. The molecule has 1 saturated heterocycles. The van der Waals surface area contributed by atoms with Crippen molar-refractivity contribution in [3.8, 4) is 0 Å². The Morgan fingerprint density at radius 3 is 2.56 bits per heavy atom. The zero-order valence-electron chi connectivity index (χ0n) is 11.5. The van der Waals surface area contributed by atoms with Crippen molar-refractivity contribution in [3.63, 3.8) is 0 Å². The molecule has 3 nitrogen and oxygen atoms in total. The zero-order chi connectivity index (χ0) is 12.2. The summed E-state index contributed by atoms with van der Waals surface area (Å²) in [6.07, 6.45) is 2.49. The summed E-state index contributed by atoms with van der Waals surface area (Å²) in [6.45, 7) is 9.69. The molecule has 2 atom stereocenters. The average Bonchev–Trinajstić information content (AvgIpc) is 2.26. The van der Waals surface area contributed by atoms with E-state index in [0.29, 0.717) is 12.0 Å². The van der Waals surface area contributed by atoms with Gasteiger partial charge in [0.1, 0.15) is 0 Å². The summed E-state index contributed by atoms with van der Waals surface area (Å²) in [7, 11) is 4.32. The molecule has 0 spiro atoms. The number of ether oxygens (including phenoxy) is 1. The van der Waals surface area contributed by atoms with E-state index < -0.39 is 0 Å². The zero-order valence-corrected chi connectivity index (χ0v) is 11.5. The Kier molecular flexibility index (Phi) is 5.22. The van der Waals surface area contributed by atoms with Gasteiger partial charge in [-0.2, -0.15) is 0 Å². The van der Waals surface area contributed by atoms with Crippen molar-refractivity contribution >= 4 is 0 Å². The minimum atomic E-state index is 0.168. The minimum Gasteiger partial charge on any atom is -0.381 e. The molecule has 0 amide bonds. The van der Waals surface area contributed by atoms with Crippen LogP contribution in [-0.2, 0) is 4.74 Å². The number of rotatable bonds is 5. The van der Waals surface area contributed by atoms with E-state index in [-0.39, 0.29) is 5.54 Å². The van der Waals surface area contributed by atoms with Gasteiger partial charge in [0.2, 0.25) is 0 Å². The predicted octanol–water partition coefficient (Wildman–Crippen LogP) is 1.73. The topological polar surface area (TPSA) is 24.5 Å². The number of nitrogens with zero attached hydrogens (tertiary/aromatic N) is 1. The highest BCUT2D eigenvalue weighted by Gasteiger charge is 2.37. The first kappa shape index (κ1) is 13.9. The SMILES string of the molecule is CCNC(C1CCCOC1)C(C)(C)N(C)C. The molecular weight excluding hydrogens is 200 g/mol. The van der Waals surface area contributed by atoms with Crippen LogP contribution >= 0.6 is 0 Å². The molecule has 1 N–H and O–H groups in total. The molecule has 1 fully saturated rings. The molecule has 16 heavy (non-hydrogen) atoms. The van der Waals surface area contributed by atoms with Crippen molar-refractivity contribution in [1.29, 1.82) is 0 Å². The van der Waals surface area contributed by atoms with Crippen LogP contribution in [0.1, 0.15) is 33.6 Å². The normalized spacial score (nSPS) is 24.8. The Morgan fingerprint density at radius 1 is 1.44 bits per heavy atom. The van der Waals surface area contributed by atoms with Crippen LogP contribution < -0.4 is 5.32 Å². The number of hydrogen-bond donors (Lipinski definition) is 1. The quantitative estimate of drug-likeness (QED) is 0.775. The molecule has 0 aromatic rings. The fourth-order valence-corrected chi connectivity index (χ4v) is 2.52. The van der Waals surface area contributed by atoms with Gasteiger partial charge in [0.25, 0.3) is 0 Å². The van der Waals surface area contributed by atoms with E-state index in [1.807, 2.05) is 0 Å². The van der Waals surface area contributed by atoms with Crippen molar-refractivity contribution in [2.24, 2.45) is 5.92 Å². The van der Waals surface area contributed by atoms with Crippen molar-refractivity contribution in [2.75, 3.05) is 33.9 Å². The average molecular weight is 228 g/mol. The molecule has 1 heterocycles. The molecule has 0 bridgehead atoms. The molecule has 1 aliphatic rings. The van der Waals surface area contributed by atoms with Gasteiger partial charge in [-0.05, 0) is 53.2 Å². The lowest BCUT2D eigenvalue weighted by atomic mass is 9.80. The molecule has 0 aliphatic carbocycles. The number of likely N-dealkylation sites (N-methyl/N-ethyl adjacent to an activating group) is 2. The molecule has 1 rings (SSSR count). The van der Waals surface area contributed by atoms with E-state index in [0.717, 1.165) is 19.8 Å². The smallest absolute Gasteiger partial charge is 0.0509 e. The molecule has 2 unspecified atom stereocenters. The van der Waals surface area contributed by atoms with Gasteiger partial charge in [-0.3, -0.25) is 0 Å². The highest BCUT2D eigenvalue weighted by atomic mass is 16.5. The maximum atomic E-state index is 5.63. The van der Waals surface area contributed by atoms with Crippen molar-refractivity contribution < 1.29 is 4.74 Å². The Bertz CT molecular complexity index is 198. The largest absolute Gasteiger partial charge is 0.381 e. The Balaban J connectivity index is 2.71. The van der Waals surface area contributed by atoms with Gasteiger partial charge >= 0.3 is 0 Å². The molecule has 0 radical (unpaired) electrons. The second kappa shape index (κ2) is 5.99. The van der Waals surface area contributed by atoms with Crippen LogP contribution in [0.25, 0.3) is 0 Å². The summed E-state index contributed by atoms with van der Waals surface area (Å²) in [5.74, 6) is 0.645. The lowest BCUT2D eigenvalue weighted by Crippen LogP contribution is -2.59. The van der Waals surface area contributed by atoms with E-state index in [9.17, 15) is 0 Å². The van der Waals surface area contributed by atoms with Crippen molar-refractivity contribution in [3.05, 3.63) is 0 Å². The van der Waals surface area contributed by atoms with Crippen LogP contribution in [0, 0.1) is 5.92 Å². The molecule has 96 valence electrons. The lowest BCUT2D eigenvalue weighted by molar-refractivity contribution is 0.00508. The number of hydrogen-bond acceptors (Lipinski definition) is 3. The van der Waals surface area contributed by atoms with Gasteiger partial charge in [-0.25, -0.2) is 0 Å². The first-order valence-corrected chi connectivity index (χ1v) is 6.48.